The van der Waals surface area contributed by atoms with Crippen molar-refractivity contribution in [2.24, 2.45) is 0 Å². The molecule has 1 atom stereocenters. The van der Waals surface area contributed by atoms with Crippen LogP contribution in [0.4, 0.5) is 5.95 Å². The lowest BCUT2D eigenvalue weighted by Gasteiger charge is -2.28. The van der Waals surface area contributed by atoms with Crippen molar-refractivity contribution in [3.63, 3.8) is 0 Å². The Morgan fingerprint density at radius 1 is 1.29 bits per heavy atom. The summed E-state index contributed by atoms with van der Waals surface area (Å²) in [4.78, 5) is 17.3. The molecule has 0 radical (unpaired) electrons. The molecule has 0 bridgehead atoms. The van der Waals surface area contributed by atoms with Crippen molar-refractivity contribution in [3.8, 4) is 5.75 Å². The van der Waals surface area contributed by atoms with E-state index in [9.17, 15) is 4.79 Å². The van der Waals surface area contributed by atoms with Crippen LogP contribution in [0.1, 0.15) is 45.2 Å². The second-order valence-electron chi connectivity index (χ2n) is 6.42. The zero-order valence-corrected chi connectivity index (χ0v) is 17.5. The maximum atomic E-state index is 12.7. The van der Waals surface area contributed by atoms with E-state index in [-0.39, 0.29) is 5.97 Å². The number of nitrogens with one attached hydrogen (secondary N) is 1. The molecule has 2 heterocycles. The van der Waals surface area contributed by atoms with Gasteiger partial charge in [0.05, 0.1) is 19.3 Å². The maximum absolute atomic E-state index is 12.7. The molecule has 0 aliphatic carbocycles. The predicted molar refractivity (Wildman–Crippen MR) is 110 cm³/mol. The highest BCUT2D eigenvalue weighted by atomic mass is 32.2. The van der Waals surface area contributed by atoms with E-state index in [1.165, 1.54) is 0 Å². The summed E-state index contributed by atoms with van der Waals surface area (Å²) >= 11 is 1.63. The van der Waals surface area contributed by atoms with Gasteiger partial charge in [0.2, 0.25) is 11.1 Å². The van der Waals surface area contributed by atoms with E-state index in [0.717, 1.165) is 35.6 Å². The van der Waals surface area contributed by atoms with Crippen LogP contribution in [0.2, 0.25) is 0 Å². The van der Waals surface area contributed by atoms with Gasteiger partial charge in [-0.15, -0.1) is 5.10 Å². The molecule has 8 heteroatoms. The van der Waals surface area contributed by atoms with Crippen molar-refractivity contribution < 1.29 is 14.3 Å². The Bertz CT molecular complexity index is 861. The second-order valence-corrected chi connectivity index (χ2v) is 7.49. The molecule has 1 aromatic heterocycles. The molecule has 1 aromatic carbocycles. The van der Waals surface area contributed by atoms with Crippen LogP contribution in [0.15, 0.2) is 40.7 Å². The van der Waals surface area contributed by atoms with Crippen LogP contribution in [0.3, 0.4) is 0 Å². The Balaban J connectivity index is 2.02. The number of thioether (sulfide) groups is 1. The molecular formula is C20H26N4O3S. The number of benzene rings is 1. The van der Waals surface area contributed by atoms with Crippen LogP contribution in [0.5, 0.6) is 5.75 Å². The predicted octanol–water partition coefficient (Wildman–Crippen LogP) is 4.03. The van der Waals surface area contributed by atoms with Crippen molar-refractivity contribution in [2.75, 3.05) is 24.8 Å². The summed E-state index contributed by atoms with van der Waals surface area (Å²) in [6, 6.07) is 7.23. The van der Waals surface area contributed by atoms with Crippen LogP contribution in [-0.4, -0.2) is 40.2 Å². The van der Waals surface area contributed by atoms with E-state index in [2.05, 4.69) is 22.3 Å². The third-order valence-corrected chi connectivity index (χ3v) is 5.41. The summed E-state index contributed by atoms with van der Waals surface area (Å²) in [5.74, 6) is 2.00. The summed E-state index contributed by atoms with van der Waals surface area (Å²) in [5.41, 5.74) is 2.18. The lowest BCUT2D eigenvalue weighted by Crippen LogP contribution is -2.29. The number of allylic oxidation sites excluding steroid dienone is 1. The van der Waals surface area contributed by atoms with Crippen molar-refractivity contribution >= 4 is 23.7 Å². The first-order valence-corrected chi connectivity index (χ1v) is 10.5. The van der Waals surface area contributed by atoms with E-state index in [4.69, 9.17) is 9.47 Å². The number of fused-ring (bicyclic) bond motifs is 1. The minimum absolute atomic E-state index is 0.313. The van der Waals surface area contributed by atoms with E-state index in [1.807, 2.05) is 31.2 Å². The van der Waals surface area contributed by atoms with Gasteiger partial charge in [0, 0.05) is 11.4 Å². The highest BCUT2D eigenvalue weighted by Gasteiger charge is 2.35. The minimum atomic E-state index is -0.408. The zero-order chi connectivity index (χ0) is 20.1. The van der Waals surface area contributed by atoms with Gasteiger partial charge in [0.15, 0.2) is 0 Å². The number of hydrogen-bond acceptors (Lipinski definition) is 7. The quantitative estimate of drug-likeness (QED) is 0.406. The summed E-state index contributed by atoms with van der Waals surface area (Å²) in [7, 11) is 1.63. The molecule has 150 valence electrons. The van der Waals surface area contributed by atoms with Crippen LogP contribution in [0.25, 0.3) is 0 Å². The summed E-state index contributed by atoms with van der Waals surface area (Å²) in [6.45, 7) is 6.14. The molecule has 3 rings (SSSR count). The van der Waals surface area contributed by atoms with Crippen molar-refractivity contribution in [2.45, 2.75) is 44.8 Å². The number of carbonyl (C=O) groups excluding carboxylic acids is 1. The second kappa shape index (κ2) is 9.14. The first kappa shape index (κ1) is 20.3. The molecule has 0 saturated carbocycles. The standard InChI is InChI=1S/C20H26N4O3S/c1-5-7-12-28-20-22-19-21-13(3)16(18(25)27-6-2)17(24(19)23-20)14-8-10-15(26-4)11-9-14/h8-11,17H,5-7,12H2,1-4H3,(H,21,22,23)/t17-/m0/s1. The molecule has 0 unspecified atom stereocenters. The van der Waals surface area contributed by atoms with Gasteiger partial charge in [-0.2, -0.15) is 4.98 Å². The number of carbonyl (C=O) groups is 1. The van der Waals surface area contributed by atoms with Crippen molar-refractivity contribution in [3.05, 3.63) is 41.1 Å². The molecule has 7 nitrogen and oxygen atoms in total. The number of nitrogens with zero attached hydrogens (tertiary/aromatic N) is 3. The fraction of sp³-hybridized carbons (Fsp3) is 0.450. The van der Waals surface area contributed by atoms with Gasteiger partial charge in [0.25, 0.3) is 0 Å². The number of methoxy groups -OCH3 is 1. The highest BCUT2D eigenvalue weighted by Crippen LogP contribution is 2.37. The number of hydrogen-bond donors (Lipinski definition) is 1. The zero-order valence-electron chi connectivity index (χ0n) is 16.7. The fourth-order valence-electron chi connectivity index (χ4n) is 3.07. The Labute approximate surface area is 169 Å². The van der Waals surface area contributed by atoms with E-state index in [1.54, 1.807) is 30.5 Å². The first-order valence-electron chi connectivity index (χ1n) is 9.47. The number of anilines is 1. The Morgan fingerprint density at radius 3 is 2.68 bits per heavy atom. The van der Waals surface area contributed by atoms with E-state index in [0.29, 0.717) is 23.3 Å². The molecule has 0 spiro atoms. The molecular weight excluding hydrogens is 376 g/mol. The molecule has 0 saturated heterocycles. The Kier molecular flexibility index (Phi) is 6.61. The molecule has 1 aliphatic heterocycles. The van der Waals surface area contributed by atoms with Gasteiger partial charge >= 0.3 is 5.97 Å². The first-order chi connectivity index (χ1) is 13.6. The number of aromatic nitrogens is 3. The maximum Gasteiger partial charge on any atom is 0.338 e. The van der Waals surface area contributed by atoms with Crippen LogP contribution < -0.4 is 10.1 Å². The molecule has 0 amide bonds. The van der Waals surface area contributed by atoms with Gasteiger partial charge in [-0.25, -0.2) is 9.48 Å². The normalized spacial score (nSPS) is 15.8. The average molecular weight is 403 g/mol. The van der Waals surface area contributed by atoms with Crippen LogP contribution in [-0.2, 0) is 9.53 Å². The Hall–Kier alpha value is -2.48. The molecule has 1 aliphatic rings. The third-order valence-electron chi connectivity index (χ3n) is 4.49. The number of unbranched alkanes of at least 4 members (excludes halogenated alkanes) is 1. The minimum Gasteiger partial charge on any atom is -0.497 e. The smallest absolute Gasteiger partial charge is 0.338 e. The van der Waals surface area contributed by atoms with E-state index >= 15 is 0 Å². The van der Waals surface area contributed by atoms with Crippen LogP contribution >= 0.6 is 11.8 Å². The SMILES string of the molecule is CCCCSc1nc2n(n1)[C@@H](c1ccc(OC)cc1)C(C(=O)OCC)=C(C)N2. The molecule has 0 fully saturated rings. The van der Waals surface area contributed by atoms with Gasteiger partial charge in [-0.1, -0.05) is 37.2 Å². The average Bonchev–Trinajstić information content (AvgIpc) is 3.09. The van der Waals surface area contributed by atoms with E-state index < -0.39 is 6.04 Å². The van der Waals surface area contributed by atoms with Crippen molar-refractivity contribution in [1.29, 1.82) is 0 Å². The number of ether oxygens (including phenoxy) is 2. The number of esters is 1. The third kappa shape index (κ3) is 4.16. The Morgan fingerprint density at radius 2 is 2.04 bits per heavy atom. The van der Waals surface area contributed by atoms with Gasteiger partial charge in [0.1, 0.15) is 11.8 Å². The molecule has 2 aromatic rings. The summed E-state index contributed by atoms with van der Waals surface area (Å²) < 4.78 is 12.4. The lowest BCUT2D eigenvalue weighted by atomic mass is 9.96. The van der Waals surface area contributed by atoms with Gasteiger partial charge < -0.3 is 14.8 Å². The van der Waals surface area contributed by atoms with Gasteiger partial charge in [-0.05, 0) is 38.0 Å². The summed E-state index contributed by atoms with van der Waals surface area (Å²) in [5, 5.41) is 8.60. The largest absolute Gasteiger partial charge is 0.497 e. The van der Waals surface area contributed by atoms with Crippen molar-refractivity contribution in [1.82, 2.24) is 14.8 Å². The number of rotatable bonds is 8. The van der Waals surface area contributed by atoms with Gasteiger partial charge in [-0.3, -0.25) is 0 Å². The fourth-order valence-corrected chi connectivity index (χ4v) is 3.98. The molecule has 1 N–H and O–H groups in total. The monoisotopic (exact) mass is 402 g/mol. The summed E-state index contributed by atoms with van der Waals surface area (Å²) in [6.07, 6.45) is 2.23. The molecule has 28 heavy (non-hydrogen) atoms. The topological polar surface area (TPSA) is 78.3 Å². The lowest BCUT2D eigenvalue weighted by molar-refractivity contribution is -0.139. The van der Waals surface area contributed by atoms with Crippen LogP contribution in [0, 0.1) is 0 Å². The highest BCUT2D eigenvalue weighted by molar-refractivity contribution is 7.99.